The Balaban J connectivity index is 2.93. The van der Waals surface area contributed by atoms with Crippen LogP contribution in [0.2, 0.25) is 0 Å². The minimum absolute atomic E-state index is 0.0000397. The molecule has 1 heterocycles. The lowest BCUT2D eigenvalue weighted by Gasteiger charge is -2.34. The van der Waals surface area contributed by atoms with Crippen LogP contribution in [-0.2, 0) is 0 Å². The van der Waals surface area contributed by atoms with Crippen molar-refractivity contribution in [3.05, 3.63) is 30.1 Å². The topological polar surface area (TPSA) is 65.9 Å². The third-order valence-electron chi connectivity index (χ3n) is 3.05. The number of hydrogen-bond acceptors (Lipinski definition) is 4. The molecule has 1 aromatic rings. The SMILES string of the molecule is CCN(CC(C)C#N)C(c1cccnc1)C(C)N. The van der Waals surface area contributed by atoms with Crippen molar-refractivity contribution < 1.29 is 0 Å². The van der Waals surface area contributed by atoms with Crippen LogP contribution in [0.25, 0.3) is 0 Å². The lowest BCUT2D eigenvalue weighted by Crippen LogP contribution is -2.41. The molecule has 3 atom stereocenters. The lowest BCUT2D eigenvalue weighted by atomic mass is 9.99. The molecule has 0 aliphatic rings. The Kier molecular flexibility index (Phi) is 5.76. The van der Waals surface area contributed by atoms with Crippen LogP contribution in [0.15, 0.2) is 24.5 Å². The Bertz CT molecular complexity index is 383. The van der Waals surface area contributed by atoms with Gasteiger partial charge < -0.3 is 5.73 Å². The summed E-state index contributed by atoms with van der Waals surface area (Å²) in [5, 5.41) is 8.95. The van der Waals surface area contributed by atoms with Gasteiger partial charge in [0.25, 0.3) is 0 Å². The van der Waals surface area contributed by atoms with Crippen LogP contribution >= 0.6 is 0 Å². The predicted molar refractivity (Wildman–Crippen MR) is 72.7 cm³/mol. The molecule has 0 spiro atoms. The van der Waals surface area contributed by atoms with Gasteiger partial charge >= 0.3 is 0 Å². The molecule has 1 aromatic heterocycles. The van der Waals surface area contributed by atoms with Crippen molar-refractivity contribution in [1.29, 1.82) is 5.26 Å². The second-order valence-electron chi connectivity index (χ2n) is 4.71. The molecular formula is C14H22N4. The highest BCUT2D eigenvalue weighted by Gasteiger charge is 2.24. The molecule has 2 N–H and O–H groups in total. The zero-order chi connectivity index (χ0) is 13.5. The number of rotatable bonds is 6. The van der Waals surface area contributed by atoms with Crippen LogP contribution in [-0.4, -0.2) is 29.0 Å². The highest BCUT2D eigenvalue weighted by molar-refractivity contribution is 5.16. The average molecular weight is 246 g/mol. The number of nitriles is 1. The van der Waals surface area contributed by atoms with Crippen molar-refractivity contribution in [3.8, 4) is 6.07 Å². The minimum Gasteiger partial charge on any atom is -0.326 e. The van der Waals surface area contributed by atoms with Crippen LogP contribution in [0, 0.1) is 17.2 Å². The van der Waals surface area contributed by atoms with Gasteiger partial charge in [-0.1, -0.05) is 13.0 Å². The van der Waals surface area contributed by atoms with Gasteiger partial charge in [-0.2, -0.15) is 5.26 Å². The van der Waals surface area contributed by atoms with Gasteiger partial charge in [0.1, 0.15) is 0 Å². The first kappa shape index (κ1) is 14.6. The smallest absolute Gasteiger partial charge is 0.0666 e. The molecular weight excluding hydrogens is 224 g/mol. The second kappa shape index (κ2) is 7.10. The molecule has 4 nitrogen and oxygen atoms in total. The van der Waals surface area contributed by atoms with Crippen LogP contribution < -0.4 is 5.73 Å². The van der Waals surface area contributed by atoms with E-state index in [1.807, 2.05) is 32.2 Å². The summed E-state index contributed by atoms with van der Waals surface area (Å²) in [6.45, 7) is 7.62. The van der Waals surface area contributed by atoms with Crippen molar-refractivity contribution in [3.63, 3.8) is 0 Å². The van der Waals surface area contributed by atoms with E-state index in [1.54, 1.807) is 6.20 Å². The van der Waals surface area contributed by atoms with E-state index in [0.717, 1.165) is 18.7 Å². The van der Waals surface area contributed by atoms with Crippen LogP contribution in [0.5, 0.6) is 0 Å². The van der Waals surface area contributed by atoms with E-state index in [9.17, 15) is 0 Å². The average Bonchev–Trinajstić information content (AvgIpc) is 2.38. The number of likely N-dealkylation sites (N-methyl/N-ethyl adjacent to an activating group) is 1. The molecule has 4 heteroatoms. The largest absolute Gasteiger partial charge is 0.326 e. The molecule has 0 bridgehead atoms. The number of nitrogens with two attached hydrogens (primary N) is 1. The van der Waals surface area contributed by atoms with E-state index < -0.39 is 0 Å². The highest BCUT2D eigenvalue weighted by Crippen LogP contribution is 2.23. The summed E-state index contributed by atoms with van der Waals surface area (Å²) in [5.74, 6) is 0.00266. The first-order valence-corrected chi connectivity index (χ1v) is 6.39. The minimum atomic E-state index is 0.0000397. The van der Waals surface area contributed by atoms with Gasteiger partial charge in [0, 0.05) is 25.0 Å². The Morgan fingerprint density at radius 1 is 1.50 bits per heavy atom. The first-order valence-electron chi connectivity index (χ1n) is 6.39. The summed E-state index contributed by atoms with van der Waals surface area (Å²) in [4.78, 5) is 6.40. The maximum Gasteiger partial charge on any atom is 0.0666 e. The molecule has 0 aliphatic carbocycles. The van der Waals surface area contributed by atoms with E-state index in [4.69, 9.17) is 11.0 Å². The maximum absolute atomic E-state index is 8.95. The summed E-state index contributed by atoms with van der Waals surface area (Å²) in [6, 6.07) is 6.35. The number of aromatic nitrogens is 1. The van der Waals surface area contributed by atoms with Gasteiger partial charge in [0.15, 0.2) is 0 Å². The molecule has 0 saturated heterocycles. The molecule has 0 aliphatic heterocycles. The van der Waals surface area contributed by atoms with E-state index in [-0.39, 0.29) is 18.0 Å². The van der Waals surface area contributed by atoms with Crippen molar-refractivity contribution >= 4 is 0 Å². The predicted octanol–water partition coefficient (Wildman–Crippen LogP) is 1.95. The number of hydrogen-bond donors (Lipinski definition) is 1. The van der Waals surface area contributed by atoms with Gasteiger partial charge in [-0.15, -0.1) is 0 Å². The fourth-order valence-corrected chi connectivity index (χ4v) is 2.23. The Morgan fingerprint density at radius 3 is 2.67 bits per heavy atom. The summed E-state index contributed by atoms with van der Waals surface area (Å²) in [6.07, 6.45) is 3.61. The standard InChI is InChI=1S/C14H22N4/c1-4-18(10-11(2)8-15)14(12(3)16)13-6-5-7-17-9-13/h5-7,9,11-12,14H,4,10,16H2,1-3H3. The zero-order valence-electron chi connectivity index (χ0n) is 11.4. The van der Waals surface area contributed by atoms with Crippen molar-refractivity contribution in [2.75, 3.05) is 13.1 Å². The molecule has 98 valence electrons. The Labute approximate surface area is 109 Å². The van der Waals surface area contributed by atoms with Crippen LogP contribution in [0.4, 0.5) is 0 Å². The van der Waals surface area contributed by atoms with Gasteiger partial charge in [0.2, 0.25) is 0 Å². The monoisotopic (exact) mass is 246 g/mol. The molecule has 18 heavy (non-hydrogen) atoms. The van der Waals surface area contributed by atoms with Crippen molar-refractivity contribution in [2.45, 2.75) is 32.9 Å². The summed E-state index contributed by atoms with van der Waals surface area (Å²) >= 11 is 0. The first-order chi connectivity index (χ1) is 8.60. The Morgan fingerprint density at radius 2 is 2.22 bits per heavy atom. The normalized spacial score (nSPS) is 16.0. The summed E-state index contributed by atoms with van der Waals surface area (Å²) in [7, 11) is 0. The number of nitrogens with zero attached hydrogens (tertiary/aromatic N) is 3. The maximum atomic E-state index is 8.95. The van der Waals surface area contributed by atoms with Gasteiger partial charge in [-0.25, -0.2) is 0 Å². The van der Waals surface area contributed by atoms with Crippen molar-refractivity contribution in [2.24, 2.45) is 11.7 Å². The van der Waals surface area contributed by atoms with Gasteiger partial charge in [-0.05, 0) is 32.0 Å². The van der Waals surface area contributed by atoms with E-state index in [2.05, 4.69) is 22.9 Å². The van der Waals surface area contributed by atoms with E-state index in [1.165, 1.54) is 0 Å². The summed E-state index contributed by atoms with van der Waals surface area (Å²) < 4.78 is 0. The third-order valence-corrected chi connectivity index (χ3v) is 3.05. The highest BCUT2D eigenvalue weighted by atomic mass is 15.2. The second-order valence-corrected chi connectivity index (χ2v) is 4.71. The van der Waals surface area contributed by atoms with Crippen LogP contribution in [0.1, 0.15) is 32.4 Å². The van der Waals surface area contributed by atoms with E-state index in [0.29, 0.717) is 0 Å². The quantitative estimate of drug-likeness (QED) is 0.833. The number of pyridine rings is 1. The molecule has 0 aromatic carbocycles. The van der Waals surface area contributed by atoms with E-state index >= 15 is 0 Å². The molecule has 1 rings (SSSR count). The molecule has 0 saturated carbocycles. The molecule has 3 unspecified atom stereocenters. The van der Waals surface area contributed by atoms with Crippen LogP contribution in [0.3, 0.4) is 0 Å². The zero-order valence-corrected chi connectivity index (χ0v) is 11.4. The third kappa shape index (κ3) is 3.80. The van der Waals surface area contributed by atoms with Crippen molar-refractivity contribution in [1.82, 2.24) is 9.88 Å². The van der Waals surface area contributed by atoms with Gasteiger partial charge in [-0.3, -0.25) is 9.88 Å². The fourth-order valence-electron chi connectivity index (χ4n) is 2.23. The fraction of sp³-hybridized carbons (Fsp3) is 0.571. The molecule has 0 radical (unpaired) electrons. The summed E-state index contributed by atoms with van der Waals surface area (Å²) in [5.41, 5.74) is 7.22. The van der Waals surface area contributed by atoms with Gasteiger partial charge in [0.05, 0.1) is 18.0 Å². The lowest BCUT2D eigenvalue weighted by molar-refractivity contribution is 0.173. The Hall–Kier alpha value is -1.44. The molecule has 0 fully saturated rings. The molecule has 0 amide bonds.